The number of halogens is 1. The third-order valence-corrected chi connectivity index (χ3v) is 4.26. The molecule has 7 heteroatoms. The average molecular weight is 322 g/mol. The fourth-order valence-corrected chi connectivity index (χ4v) is 2.30. The number of benzene rings is 2. The second kappa shape index (κ2) is 6.15. The number of sulfonamides is 1. The smallest absolute Gasteiger partial charge is 0.255 e. The van der Waals surface area contributed by atoms with Gasteiger partial charge >= 0.3 is 0 Å². The van der Waals surface area contributed by atoms with Gasteiger partial charge in [0.15, 0.2) is 0 Å². The van der Waals surface area contributed by atoms with Gasteiger partial charge in [-0.15, -0.1) is 0 Å². The van der Waals surface area contributed by atoms with E-state index in [1.807, 2.05) is 0 Å². The van der Waals surface area contributed by atoms with Crippen molar-refractivity contribution in [3.63, 3.8) is 0 Å². The van der Waals surface area contributed by atoms with Crippen LogP contribution in [-0.4, -0.2) is 27.6 Å². The minimum absolute atomic E-state index is 0.182. The van der Waals surface area contributed by atoms with Gasteiger partial charge in [-0.2, -0.15) is 0 Å². The maximum atomic E-state index is 13.1. The Bertz CT molecular complexity index is 806. The summed E-state index contributed by atoms with van der Waals surface area (Å²) in [5.41, 5.74) is 1.02. The van der Waals surface area contributed by atoms with Crippen LogP contribution >= 0.6 is 0 Å². The molecule has 0 radical (unpaired) electrons. The molecule has 0 aliphatic rings. The number of hydrogen-bond donors (Lipinski definition) is 1. The number of nitrogens with zero attached hydrogens (tertiary/aromatic N) is 1. The van der Waals surface area contributed by atoms with Gasteiger partial charge in [0.2, 0.25) is 10.0 Å². The molecule has 1 N–H and O–H groups in total. The number of hydrogen-bond acceptors (Lipinski definition) is 3. The Kier molecular flexibility index (Phi) is 4.46. The molecule has 0 spiro atoms. The molecule has 0 atom stereocenters. The number of amides is 1. The van der Waals surface area contributed by atoms with E-state index in [9.17, 15) is 17.6 Å². The fraction of sp³-hybridized carbons (Fsp3) is 0.133. The quantitative estimate of drug-likeness (QED) is 0.940. The highest BCUT2D eigenvalue weighted by Crippen LogP contribution is 2.21. The summed E-state index contributed by atoms with van der Waals surface area (Å²) in [5.74, 6) is -0.975. The first-order valence-electron chi connectivity index (χ1n) is 6.38. The molecule has 2 aromatic carbocycles. The van der Waals surface area contributed by atoms with Crippen molar-refractivity contribution in [2.45, 2.75) is 0 Å². The zero-order valence-corrected chi connectivity index (χ0v) is 12.9. The van der Waals surface area contributed by atoms with Crippen molar-refractivity contribution in [3.8, 4) is 0 Å². The molecule has 0 saturated carbocycles. The summed E-state index contributed by atoms with van der Waals surface area (Å²) in [6, 6.07) is 11.7. The molecule has 0 unspecified atom stereocenters. The number of carbonyl (C=O) groups is 1. The third kappa shape index (κ3) is 3.82. The van der Waals surface area contributed by atoms with Crippen LogP contribution in [0, 0.1) is 5.82 Å². The topological polar surface area (TPSA) is 66.5 Å². The highest BCUT2D eigenvalue weighted by molar-refractivity contribution is 7.92. The zero-order valence-electron chi connectivity index (χ0n) is 12.1. The van der Waals surface area contributed by atoms with E-state index in [1.165, 1.54) is 31.3 Å². The van der Waals surface area contributed by atoms with Crippen molar-refractivity contribution in [2.24, 2.45) is 0 Å². The highest BCUT2D eigenvalue weighted by atomic mass is 32.2. The monoisotopic (exact) mass is 322 g/mol. The first kappa shape index (κ1) is 16.0. The molecule has 0 bridgehead atoms. The van der Waals surface area contributed by atoms with Crippen LogP contribution in [0.4, 0.5) is 15.8 Å². The van der Waals surface area contributed by atoms with E-state index in [0.717, 1.165) is 16.6 Å². The largest absolute Gasteiger partial charge is 0.322 e. The molecule has 0 fully saturated rings. The SMILES string of the molecule is CN(c1cccc(NC(=O)c2cccc(F)c2)c1)S(C)(=O)=O. The molecule has 2 rings (SSSR count). The Balaban J connectivity index is 2.22. The molecule has 0 aliphatic heterocycles. The maximum Gasteiger partial charge on any atom is 0.255 e. The minimum atomic E-state index is -3.39. The third-order valence-electron chi connectivity index (χ3n) is 3.05. The van der Waals surface area contributed by atoms with E-state index in [-0.39, 0.29) is 5.56 Å². The predicted molar refractivity (Wildman–Crippen MR) is 84.0 cm³/mol. The normalized spacial score (nSPS) is 11.0. The first-order valence-corrected chi connectivity index (χ1v) is 8.23. The zero-order chi connectivity index (χ0) is 16.3. The lowest BCUT2D eigenvalue weighted by Gasteiger charge is -2.17. The Morgan fingerprint density at radius 2 is 1.82 bits per heavy atom. The highest BCUT2D eigenvalue weighted by Gasteiger charge is 2.13. The van der Waals surface area contributed by atoms with Crippen molar-refractivity contribution in [2.75, 3.05) is 22.9 Å². The lowest BCUT2D eigenvalue weighted by molar-refractivity contribution is 0.102. The summed E-state index contributed by atoms with van der Waals surface area (Å²) in [7, 11) is -1.97. The van der Waals surface area contributed by atoms with Gasteiger partial charge in [-0.1, -0.05) is 12.1 Å². The standard InChI is InChI=1S/C15H15FN2O3S/c1-18(22(2,20)21)14-8-4-7-13(10-14)17-15(19)11-5-3-6-12(16)9-11/h3-10H,1-2H3,(H,17,19). The van der Waals surface area contributed by atoms with Gasteiger partial charge in [0, 0.05) is 18.3 Å². The molecule has 116 valence electrons. The van der Waals surface area contributed by atoms with Crippen LogP contribution in [0.3, 0.4) is 0 Å². The second-order valence-corrected chi connectivity index (χ2v) is 6.76. The van der Waals surface area contributed by atoms with E-state index >= 15 is 0 Å². The molecule has 5 nitrogen and oxygen atoms in total. The number of carbonyl (C=O) groups excluding carboxylic acids is 1. The van der Waals surface area contributed by atoms with Crippen LogP contribution in [0.5, 0.6) is 0 Å². The van der Waals surface area contributed by atoms with Crippen LogP contribution in [-0.2, 0) is 10.0 Å². The van der Waals surface area contributed by atoms with Gasteiger partial charge in [-0.05, 0) is 36.4 Å². The molecule has 0 saturated heterocycles. The fourth-order valence-electron chi connectivity index (χ4n) is 1.80. The molecule has 2 aromatic rings. The van der Waals surface area contributed by atoms with Gasteiger partial charge in [-0.3, -0.25) is 9.10 Å². The number of rotatable bonds is 4. The Morgan fingerprint density at radius 1 is 1.14 bits per heavy atom. The van der Waals surface area contributed by atoms with Crippen LogP contribution in [0.15, 0.2) is 48.5 Å². The Hall–Kier alpha value is -2.41. The summed E-state index contributed by atoms with van der Waals surface area (Å²) in [5, 5.41) is 2.61. The molecule has 1 amide bonds. The lowest BCUT2D eigenvalue weighted by Crippen LogP contribution is -2.24. The molecular formula is C15H15FN2O3S. The minimum Gasteiger partial charge on any atom is -0.322 e. The van der Waals surface area contributed by atoms with Crippen molar-refractivity contribution < 1.29 is 17.6 Å². The first-order chi connectivity index (χ1) is 10.3. The summed E-state index contributed by atoms with van der Waals surface area (Å²) in [6.07, 6.45) is 1.09. The van der Waals surface area contributed by atoms with Crippen molar-refractivity contribution >= 4 is 27.3 Å². The van der Waals surface area contributed by atoms with E-state index in [2.05, 4.69) is 5.32 Å². The van der Waals surface area contributed by atoms with Crippen molar-refractivity contribution in [3.05, 3.63) is 59.9 Å². The van der Waals surface area contributed by atoms with Gasteiger partial charge in [0.25, 0.3) is 5.91 Å². The van der Waals surface area contributed by atoms with Gasteiger partial charge in [0.05, 0.1) is 11.9 Å². The van der Waals surface area contributed by atoms with Gasteiger partial charge in [0.1, 0.15) is 5.82 Å². The van der Waals surface area contributed by atoms with Crippen molar-refractivity contribution in [1.82, 2.24) is 0 Å². The van der Waals surface area contributed by atoms with Crippen LogP contribution in [0.2, 0.25) is 0 Å². The second-order valence-electron chi connectivity index (χ2n) is 4.75. The molecular weight excluding hydrogens is 307 g/mol. The van der Waals surface area contributed by atoms with E-state index in [1.54, 1.807) is 18.2 Å². The predicted octanol–water partition coefficient (Wildman–Crippen LogP) is 2.47. The number of nitrogens with one attached hydrogen (secondary N) is 1. The van der Waals surface area contributed by atoms with E-state index in [0.29, 0.717) is 11.4 Å². The molecule has 0 heterocycles. The van der Waals surface area contributed by atoms with Crippen LogP contribution in [0.1, 0.15) is 10.4 Å². The lowest BCUT2D eigenvalue weighted by atomic mass is 10.2. The summed E-state index contributed by atoms with van der Waals surface area (Å²) >= 11 is 0. The molecule has 22 heavy (non-hydrogen) atoms. The van der Waals surface area contributed by atoms with Gasteiger partial charge in [-0.25, -0.2) is 12.8 Å². The maximum absolute atomic E-state index is 13.1. The summed E-state index contributed by atoms with van der Waals surface area (Å²) in [4.78, 5) is 12.0. The Morgan fingerprint density at radius 3 is 2.45 bits per heavy atom. The molecule has 0 aliphatic carbocycles. The number of anilines is 2. The van der Waals surface area contributed by atoms with Crippen LogP contribution in [0.25, 0.3) is 0 Å². The molecule has 0 aromatic heterocycles. The summed E-state index contributed by atoms with van der Waals surface area (Å²) < 4.78 is 37.3. The summed E-state index contributed by atoms with van der Waals surface area (Å²) in [6.45, 7) is 0. The van der Waals surface area contributed by atoms with E-state index < -0.39 is 21.7 Å². The van der Waals surface area contributed by atoms with Crippen molar-refractivity contribution in [1.29, 1.82) is 0 Å². The van der Waals surface area contributed by atoms with Gasteiger partial charge < -0.3 is 5.32 Å². The van der Waals surface area contributed by atoms with E-state index in [4.69, 9.17) is 0 Å². The van der Waals surface area contributed by atoms with Crippen LogP contribution < -0.4 is 9.62 Å². The average Bonchev–Trinajstić information content (AvgIpc) is 2.45. The Labute approximate surface area is 128 Å².